The lowest BCUT2D eigenvalue weighted by Gasteiger charge is -2.03. The van der Waals surface area contributed by atoms with E-state index in [0.29, 0.717) is 25.6 Å². The lowest BCUT2D eigenvalue weighted by Crippen LogP contribution is -2.13. The molecule has 0 radical (unpaired) electrons. The number of hydrogen-bond donors (Lipinski definition) is 1. The molecule has 0 spiro atoms. The SMILES string of the molecule is COCCCOCCn1cnc(C(N)=S)n1. The summed E-state index contributed by atoms with van der Waals surface area (Å²) in [5.74, 6) is 0.398. The van der Waals surface area contributed by atoms with Gasteiger partial charge in [0, 0.05) is 20.3 Å². The standard InChI is InChI=1S/C9H16N4O2S/c1-14-4-2-5-15-6-3-13-7-11-9(12-13)8(10)16/h7H,2-6H2,1H3,(H2,10,16). The van der Waals surface area contributed by atoms with Crippen molar-refractivity contribution in [3.63, 3.8) is 0 Å². The maximum Gasteiger partial charge on any atom is 0.208 e. The Kier molecular flexibility index (Phi) is 5.91. The van der Waals surface area contributed by atoms with Gasteiger partial charge in [0.1, 0.15) is 11.3 Å². The molecule has 0 amide bonds. The fraction of sp³-hybridized carbons (Fsp3) is 0.667. The maximum absolute atomic E-state index is 5.38. The molecule has 1 aromatic rings. The molecule has 16 heavy (non-hydrogen) atoms. The predicted octanol–water partition coefficient (Wildman–Crippen LogP) is -0.0346. The highest BCUT2D eigenvalue weighted by Gasteiger charge is 2.02. The number of methoxy groups -OCH3 is 1. The summed E-state index contributed by atoms with van der Waals surface area (Å²) in [6.45, 7) is 2.63. The van der Waals surface area contributed by atoms with Crippen molar-refractivity contribution in [3.05, 3.63) is 12.2 Å². The normalized spacial score (nSPS) is 10.6. The summed E-state index contributed by atoms with van der Waals surface area (Å²) < 4.78 is 11.9. The minimum Gasteiger partial charge on any atom is -0.387 e. The molecule has 0 aliphatic rings. The monoisotopic (exact) mass is 244 g/mol. The van der Waals surface area contributed by atoms with E-state index in [1.54, 1.807) is 18.1 Å². The molecular weight excluding hydrogens is 228 g/mol. The van der Waals surface area contributed by atoms with Crippen LogP contribution in [-0.4, -0.2) is 46.7 Å². The largest absolute Gasteiger partial charge is 0.387 e. The van der Waals surface area contributed by atoms with Crippen LogP contribution in [0.15, 0.2) is 6.33 Å². The zero-order chi connectivity index (χ0) is 11.8. The third-order valence-corrected chi connectivity index (χ3v) is 2.04. The van der Waals surface area contributed by atoms with Gasteiger partial charge >= 0.3 is 0 Å². The van der Waals surface area contributed by atoms with Gasteiger partial charge in [-0.05, 0) is 6.42 Å². The van der Waals surface area contributed by atoms with Crippen LogP contribution in [-0.2, 0) is 16.0 Å². The van der Waals surface area contributed by atoms with Gasteiger partial charge in [-0.2, -0.15) is 0 Å². The van der Waals surface area contributed by atoms with Crippen molar-refractivity contribution in [1.29, 1.82) is 0 Å². The second kappa shape index (κ2) is 7.26. The molecule has 7 heteroatoms. The van der Waals surface area contributed by atoms with Gasteiger partial charge in [0.2, 0.25) is 5.82 Å². The van der Waals surface area contributed by atoms with E-state index < -0.39 is 0 Å². The van der Waals surface area contributed by atoms with Gasteiger partial charge in [0.25, 0.3) is 0 Å². The molecule has 2 N–H and O–H groups in total. The highest BCUT2D eigenvalue weighted by Crippen LogP contribution is 1.91. The topological polar surface area (TPSA) is 75.2 Å². The Bertz CT molecular complexity index is 329. The average molecular weight is 244 g/mol. The molecule has 1 rings (SSSR count). The first-order valence-corrected chi connectivity index (χ1v) is 5.41. The molecular formula is C9H16N4O2S. The van der Waals surface area contributed by atoms with E-state index in [2.05, 4.69) is 10.1 Å². The number of nitrogens with zero attached hydrogens (tertiary/aromatic N) is 3. The van der Waals surface area contributed by atoms with E-state index in [0.717, 1.165) is 13.0 Å². The van der Waals surface area contributed by atoms with Gasteiger partial charge in [-0.3, -0.25) is 0 Å². The number of nitrogens with two attached hydrogens (primary N) is 1. The van der Waals surface area contributed by atoms with Crippen molar-refractivity contribution in [3.8, 4) is 0 Å². The summed E-state index contributed by atoms with van der Waals surface area (Å²) in [5, 5.41) is 4.08. The van der Waals surface area contributed by atoms with Crippen molar-refractivity contribution in [1.82, 2.24) is 14.8 Å². The summed E-state index contributed by atoms with van der Waals surface area (Å²) in [6, 6.07) is 0. The van der Waals surface area contributed by atoms with Crippen LogP contribution in [0, 0.1) is 0 Å². The highest BCUT2D eigenvalue weighted by molar-refractivity contribution is 7.80. The molecule has 0 fully saturated rings. The molecule has 0 saturated heterocycles. The van der Waals surface area contributed by atoms with Crippen molar-refractivity contribution < 1.29 is 9.47 Å². The second-order valence-corrected chi connectivity index (χ2v) is 3.59. The van der Waals surface area contributed by atoms with E-state index >= 15 is 0 Å². The number of ether oxygens (including phenoxy) is 2. The average Bonchev–Trinajstić information content (AvgIpc) is 2.72. The first-order valence-electron chi connectivity index (χ1n) is 5.00. The molecule has 0 atom stereocenters. The Morgan fingerprint density at radius 2 is 2.31 bits per heavy atom. The Morgan fingerprint density at radius 3 is 2.94 bits per heavy atom. The third-order valence-electron chi connectivity index (χ3n) is 1.86. The first kappa shape index (κ1) is 13.0. The number of thiocarbonyl (C=S) groups is 1. The van der Waals surface area contributed by atoms with Gasteiger partial charge < -0.3 is 15.2 Å². The highest BCUT2D eigenvalue weighted by atomic mass is 32.1. The molecule has 0 unspecified atom stereocenters. The fourth-order valence-electron chi connectivity index (χ4n) is 1.08. The van der Waals surface area contributed by atoms with E-state index in [-0.39, 0.29) is 4.99 Å². The van der Waals surface area contributed by atoms with E-state index in [1.807, 2.05) is 0 Å². The quantitative estimate of drug-likeness (QED) is 0.511. The van der Waals surface area contributed by atoms with Crippen molar-refractivity contribution >= 4 is 17.2 Å². The molecule has 0 saturated carbocycles. The van der Waals surface area contributed by atoms with Gasteiger partial charge in [0.15, 0.2) is 0 Å². The Labute approximate surface area is 99.7 Å². The molecule has 0 aromatic carbocycles. The second-order valence-electron chi connectivity index (χ2n) is 3.15. The molecule has 0 aliphatic carbocycles. The summed E-state index contributed by atoms with van der Waals surface area (Å²) in [6.07, 6.45) is 2.49. The van der Waals surface area contributed by atoms with Crippen LogP contribution in [0.1, 0.15) is 12.2 Å². The predicted molar refractivity (Wildman–Crippen MR) is 63.2 cm³/mol. The summed E-state index contributed by atoms with van der Waals surface area (Å²) in [7, 11) is 1.67. The molecule has 6 nitrogen and oxygen atoms in total. The number of hydrogen-bond acceptors (Lipinski definition) is 5. The van der Waals surface area contributed by atoms with Crippen LogP contribution in [0.5, 0.6) is 0 Å². The minimum atomic E-state index is 0.208. The van der Waals surface area contributed by atoms with Gasteiger partial charge in [-0.15, -0.1) is 5.10 Å². The molecule has 0 aliphatic heterocycles. The summed E-state index contributed by atoms with van der Waals surface area (Å²) in [4.78, 5) is 4.16. The van der Waals surface area contributed by atoms with Crippen LogP contribution in [0.4, 0.5) is 0 Å². The zero-order valence-electron chi connectivity index (χ0n) is 9.26. The third kappa shape index (κ3) is 4.65. The Hall–Kier alpha value is -1.05. The van der Waals surface area contributed by atoms with Crippen LogP contribution < -0.4 is 5.73 Å². The summed E-state index contributed by atoms with van der Waals surface area (Å²) >= 11 is 4.75. The van der Waals surface area contributed by atoms with Crippen molar-refractivity contribution in [2.24, 2.45) is 5.73 Å². The van der Waals surface area contributed by atoms with Crippen molar-refractivity contribution in [2.45, 2.75) is 13.0 Å². The van der Waals surface area contributed by atoms with Crippen LogP contribution in [0.3, 0.4) is 0 Å². The minimum absolute atomic E-state index is 0.208. The van der Waals surface area contributed by atoms with Gasteiger partial charge in [0.05, 0.1) is 13.2 Å². The Morgan fingerprint density at radius 1 is 1.50 bits per heavy atom. The smallest absolute Gasteiger partial charge is 0.208 e. The molecule has 90 valence electrons. The number of rotatable bonds is 8. The lowest BCUT2D eigenvalue weighted by atomic mass is 10.5. The van der Waals surface area contributed by atoms with Crippen molar-refractivity contribution in [2.75, 3.05) is 26.9 Å². The number of aromatic nitrogens is 3. The van der Waals surface area contributed by atoms with Crippen LogP contribution in [0.2, 0.25) is 0 Å². The van der Waals surface area contributed by atoms with E-state index in [4.69, 9.17) is 27.4 Å². The van der Waals surface area contributed by atoms with Gasteiger partial charge in [-0.1, -0.05) is 12.2 Å². The van der Waals surface area contributed by atoms with Crippen LogP contribution in [0.25, 0.3) is 0 Å². The fourth-order valence-corrected chi connectivity index (χ4v) is 1.17. The van der Waals surface area contributed by atoms with E-state index in [9.17, 15) is 0 Å². The molecule has 0 bridgehead atoms. The first-order chi connectivity index (χ1) is 7.74. The maximum atomic E-state index is 5.38. The lowest BCUT2D eigenvalue weighted by molar-refractivity contribution is 0.0960. The molecule has 1 heterocycles. The zero-order valence-corrected chi connectivity index (χ0v) is 10.1. The van der Waals surface area contributed by atoms with Gasteiger partial charge in [-0.25, -0.2) is 9.67 Å². The Balaban J connectivity index is 2.14. The van der Waals surface area contributed by atoms with E-state index in [1.165, 1.54) is 0 Å². The molecule has 1 aromatic heterocycles. The summed E-state index contributed by atoms with van der Waals surface area (Å²) in [5.41, 5.74) is 5.38. The van der Waals surface area contributed by atoms with Crippen LogP contribution >= 0.6 is 12.2 Å².